The van der Waals surface area contributed by atoms with Crippen LogP contribution < -0.4 is 20.1 Å². The molecule has 136 valence electrons. The molecule has 1 aromatic carbocycles. The standard InChI is InChI=1S/C17H23N5O2.HI/c1-11-14(12(2)22(4)21-11)9-20-17(18-3)19-8-13-5-6-15-16(7-13)24-10-23-15;/h5-7H,8-10H2,1-4H3,(H2,18,19,20);1H. The maximum absolute atomic E-state index is 5.40. The molecule has 0 bridgehead atoms. The topological polar surface area (TPSA) is 72.7 Å². The van der Waals surface area contributed by atoms with Crippen molar-refractivity contribution in [3.8, 4) is 11.5 Å². The lowest BCUT2D eigenvalue weighted by molar-refractivity contribution is 0.174. The molecule has 0 radical (unpaired) electrons. The molecule has 1 aliphatic rings. The first-order chi connectivity index (χ1) is 11.6. The number of hydrogen-bond donors (Lipinski definition) is 2. The first-order valence-electron chi connectivity index (χ1n) is 7.90. The average molecular weight is 457 g/mol. The van der Waals surface area contributed by atoms with E-state index < -0.39 is 0 Å². The second-order valence-corrected chi connectivity index (χ2v) is 5.74. The quantitative estimate of drug-likeness (QED) is 0.419. The SMILES string of the molecule is CN=C(NCc1ccc2c(c1)OCO2)NCc1c(C)nn(C)c1C.I. The van der Waals surface area contributed by atoms with Gasteiger partial charge in [0.1, 0.15) is 0 Å². The zero-order chi connectivity index (χ0) is 17.1. The minimum Gasteiger partial charge on any atom is -0.454 e. The lowest BCUT2D eigenvalue weighted by Crippen LogP contribution is -2.36. The highest BCUT2D eigenvalue weighted by Crippen LogP contribution is 2.32. The fourth-order valence-corrected chi connectivity index (χ4v) is 2.70. The van der Waals surface area contributed by atoms with Crippen LogP contribution in [-0.4, -0.2) is 29.6 Å². The zero-order valence-corrected chi connectivity index (χ0v) is 17.3. The maximum atomic E-state index is 5.40. The van der Waals surface area contributed by atoms with E-state index in [1.165, 1.54) is 5.56 Å². The van der Waals surface area contributed by atoms with Crippen molar-refractivity contribution >= 4 is 29.9 Å². The van der Waals surface area contributed by atoms with Crippen molar-refractivity contribution in [2.45, 2.75) is 26.9 Å². The number of halogens is 1. The van der Waals surface area contributed by atoms with Gasteiger partial charge in [-0.2, -0.15) is 5.10 Å². The summed E-state index contributed by atoms with van der Waals surface area (Å²) in [5, 5.41) is 11.1. The van der Waals surface area contributed by atoms with E-state index in [0.29, 0.717) is 19.9 Å². The molecular weight excluding hydrogens is 433 g/mol. The molecule has 8 heteroatoms. The molecule has 7 nitrogen and oxygen atoms in total. The van der Waals surface area contributed by atoms with Gasteiger partial charge in [0.05, 0.1) is 5.69 Å². The van der Waals surface area contributed by atoms with E-state index in [9.17, 15) is 0 Å². The average Bonchev–Trinajstić information content (AvgIpc) is 3.13. The van der Waals surface area contributed by atoms with Crippen LogP contribution in [-0.2, 0) is 20.1 Å². The van der Waals surface area contributed by atoms with Crippen molar-refractivity contribution in [2.24, 2.45) is 12.0 Å². The number of rotatable bonds is 4. The molecule has 0 unspecified atom stereocenters. The summed E-state index contributed by atoms with van der Waals surface area (Å²) in [4.78, 5) is 4.27. The Bertz CT molecular complexity index is 773. The monoisotopic (exact) mass is 457 g/mol. The molecule has 1 aromatic heterocycles. The first-order valence-corrected chi connectivity index (χ1v) is 7.90. The minimum atomic E-state index is 0. The van der Waals surface area contributed by atoms with Gasteiger partial charge in [-0.3, -0.25) is 9.67 Å². The molecule has 2 N–H and O–H groups in total. The predicted octanol–water partition coefficient (Wildman–Crippen LogP) is 2.25. The van der Waals surface area contributed by atoms with Crippen LogP contribution in [0, 0.1) is 13.8 Å². The number of aliphatic imine (C=N–C) groups is 1. The largest absolute Gasteiger partial charge is 0.454 e. The second kappa shape index (κ2) is 8.41. The molecule has 3 rings (SSSR count). The predicted molar refractivity (Wildman–Crippen MR) is 108 cm³/mol. The summed E-state index contributed by atoms with van der Waals surface area (Å²) in [7, 11) is 3.72. The van der Waals surface area contributed by atoms with Gasteiger partial charge >= 0.3 is 0 Å². The third kappa shape index (κ3) is 4.36. The summed E-state index contributed by atoms with van der Waals surface area (Å²) in [6.45, 7) is 5.72. The summed E-state index contributed by atoms with van der Waals surface area (Å²) >= 11 is 0. The Labute approximate surface area is 164 Å². The third-order valence-electron chi connectivity index (χ3n) is 4.21. The molecule has 0 spiro atoms. The van der Waals surface area contributed by atoms with Crippen LogP contribution in [0.15, 0.2) is 23.2 Å². The van der Waals surface area contributed by atoms with Crippen LogP contribution in [0.1, 0.15) is 22.5 Å². The highest BCUT2D eigenvalue weighted by atomic mass is 127. The molecule has 2 heterocycles. The van der Waals surface area contributed by atoms with Crippen molar-refractivity contribution in [3.63, 3.8) is 0 Å². The maximum Gasteiger partial charge on any atom is 0.231 e. The van der Waals surface area contributed by atoms with Gasteiger partial charge in [-0.05, 0) is 31.5 Å². The molecule has 0 fully saturated rings. The van der Waals surface area contributed by atoms with Crippen molar-refractivity contribution in [1.29, 1.82) is 0 Å². The van der Waals surface area contributed by atoms with Gasteiger partial charge < -0.3 is 20.1 Å². The fourth-order valence-electron chi connectivity index (χ4n) is 2.70. The van der Waals surface area contributed by atoms with E-state index in [2.05, 4.69) is 27.6 Å². The highest BCUT2D eigenvalue weighted by Gasteiger charge is 2.13. The van der Waals surface area contributed by atoms with Gasteiger partial charge in [0, 0.05) is 38.4 Å². The third-order valence-corrected chi connectivity index (χ3v) is 4.21. The van der Waals surface area contributed by atoms with Crippen molar-refractivity contribution in [1.82, 2.24) is 20.4 Å². The Balaban J connectivity index is 0.00000225. The normalized spacial score (nSPS) is 12.7. The first kappa shape index (κ1) is 19.4. The molecule has 1 aliphatic heterocycles. The van der Waals surface area contributed by atoms with E-state index in [1.54, 1.807) is 7.05 Å². The highest BCUT2D eigenvalue weighted by molar-refractivity contribution is 14.0. The molecule has 0 atom stereocenters. The van der Waals surface area contributed by atoms with E-state index in [4.69, 9.17) is 9.47 Å². The number of hydrogen-bond acceptors (Lipinski definition) is 4. The number of ether oxygens (including phenoxy) is 2. The number of nitrogens with one attached hydrogen (secondary N) is 2. The number of benzene rings is 1. The van der Waals surface area contributed by atoms with Crippen LogP contribution in [0.4, 0.5) is 0 Å². The van der Waals surface area contributed by atoms with E-state index in [-0.39, 0.29) is 24.0 Å². The van der Waals surface area contributed by atoms with Crippen LogP contribution in [0.25, 0.3) is 0 Å². The summed E-state index contributed by atoms with van der Waals surface area (Å²) in [5.74, 6) is 2.33. The van der Waals surface area contributed by atoms with Gasteiger partial charge in [0.2, 0.25) is 6.79 Å². The number of nitrogens with zero attached hydrogens (tertiary/aromatic N) is 3. The Morgan fingerprint density at radius 3 is 2.60 bits per heavy atom. The fraction of sp³-hybridized carbons (Fsp3) is 0.412. The molecular formula is C17H24IN5O2. The lowest BCUT2D eigenvalue weighted by atomic mass is 10.2. The molecule has 0 saturated heterocycles. The smallest absolute Gasteiger partial charge is 0.231 e. The summed E-state index contributed by atoms with van der Waals surface area (Å²) in [5.41, 5.74) is 4.50. The van der Waals surface area contributed by atoms with Crippen LogP contribution in [0.3, 0.4) is 0 Å². The number of guanidine groups is 1. The Morgan fingerprint density at radius 2 is 1.92 bits per heavy atom. The summed E-state index contributed by atoms with van der Waals surface area (Å²) in [6.07, 6.45) is 0. The van der Waals surface area contributed by atoms with Crippen molar-refractivity contribution in [3.05, 3.63) is 40.7 Å². The molecule has 2 aromatic rings. The Hall–Kier alpha value is -1.97. The van der Waals surface area contributed by atoms with Crippen molar-refractivity contribution < 1.29 is 9.47 Å². The summed E-state index contributed by atoms with van der Waals surface area (Å²) in [6, 6.07) is 5.93. The number of aryl methyl sites for hydroxylation is 2. The van der Waals surface area contributed by atoms with Gasteiger partial charge in [-0.25, -0.2) is 0 Å². The van der Waals surface area contributed by atoms with Gasteiger partial charge in [0.15, 0.2) is 17.5 Å². The van der Waals surface area contributed by atoms with Crippen LogP contribution >= 0.6 is 24.0 Å². The molecule has 0 amide bonds. The molecule has 25 heavy (non-hydrogen) atoms. The van der Waals surface area contributed by atoms with Gasteiger partial charge in [-0.1, -0.05) is 6.07 Å². The van der Waals surface area contributed by atoms with Gasteiger partial charge in [-0.15, -0.1) is 24.0 Å². The van der Waals surface area contributed by atoms with E-state index >= 15 is 0 Å². The van der Waals surface area contributed by atoms with Crippen molar-refractivity contribution in [2.75, 3.05) is 13.8 Å². The second-order valence-electron chi connectivity index (χ2n) is 5.74. The van der Waals surface area contributed by atoms with E-state index in [0.717, 1.165) is 34.4 Å². The molecule has 0 saturated carbocycles. The number of aromatic nitrogens is 2. The molecule has 0 aliphatic carbocycles. The summed E-state index contributed by atoms with van der Waals surface area (Å²) < 4.78 is 12.6. The Kier molecular flexibility index (Phi) is 6.51. The Morgan fingerprint density at radius 1 is 1.20 bits per heavy atom. The van der Waals surface area contributed by atoms with Crippen LogP contribution in [0.5, 0.6) is 11.5 Å². The minimum absolute atomic E-state index is 0. The zero-order valence-electron chi connectivity index (χ0n) is 14.9. The number of fused-ring (bicyclic) bond motifs is 1. The van der Waals surface area contributed by atoms with Gasteiger partial charge in [0.25, 0.3) is 0 Å². The van der Waals surface area contributed by atoms with Crippen LogP contribution in [0.2, 0.25) is 0 Å². The van der Waals surface area contributed by atoms with E-state index in [1.807, 2.05) is 36.9 Å². The lowest BCUT2D eigenvalue weighted by Gasteiger charge is -2.12.